The summed E-state index contributed by atoms with van der Waals surface area (Å²) in [6.45, 7) is 5.48. The zero-order valence-electron chi connectivity index (χ0n) is 18.8. The van der Waals surface area contributed by atoms with Gasteiger partial charge in [-0.15, -0.1) is 4.40 Å². The summed E-state index contributed by atoms with van der Waals surface area (Å²) in [5.74, 6) is -0.0545. The minimum absolute atomic E-state index is 0.0440. The van der Waals surface area contributed by atoms with Gasteiger partial charge in [-0.2, -0.15) is 8.42 Å². The van der Waals surface area contributed by atoms with Crippen molar-refractivity contribution in [3.63, 3.8) is 0 Å². The van der Waals surface area contributed by atoms with Crippen LogP contribution >= 0.6 is 0 Å². The molecule has 0 saturated carbocycles. The third-order valence-corrected chi connectivity index (χ3v) is 7.68. The predicted molar refractivity (Wildman–Crippen MR) is 128 cm³/mol. The molecule has 1 fully saturated rings. The van der Waals surface area contributed by atoms with E-state index in [2.05, 4.69) is 34.8 Å². The summed E-state index contributed by atoms with van der Waals surface area (Å²) in [5, 5.41) is 3.04. The number of amidine groups is 1. The second kappa shape index (κ2) is 9.47. The number of rotatable bonds is 5. The molecule has 0 aliphatic carbocycles. The van der Waals surface area contributed by atoms with E-state index in [0.717, 1.165) is 6.42 Å². The van der Waals surface area contributed by atoms with Crippen molar-refractivity contribution in [2.24, 2.45) is 10.3 Å². The highest BCUT2D eigenvalue weighted by atomic mass is 32.2. The number of piperidine rings is 1. The van der Waals surface area contributed by atoms with E-state index in [-0.39, 0.29) is 16.7 Å². The molecule has 1 N–H and O–H groups in total. The maximum Gasteiger partial charge on any atom is 0.285 e. The summed E-state index contributed by atoms with van der Waals surface area (Å²) in [5.41, 5.74) is 3.39. The van der Waals surface area contributed by atoms with E-state index in [1.807, 2.05) is 11.0 Å². The average molecular weight is 470 g/mol. The van der Waals surface area contributed by atoms with Crippen LogP contribution in [0.1, 0.15) is 36.5 Å². The molecule has 1 amide bonds. The summed E-state index contributed by atoms with van der Waals surface area (Å²) >= 11 is 0. The Balaban J connectivity index is 1.35. The molecule has 0 atom stereocenters. The number of likely N-dealkylation sites (tertiary alicyclic amines) is 1. The first-order valence-corrected chi connectivity index (χ1v) is 12.6. The fourth-order valence-corrected chi connectivity index (χ4v) is 5.96. The van der Waals surface area contributed by atoms with Crippen LogP contribution < -0.4 is 5.32 Å². The van der Waals surface area contributed by atoms with Crippen LogP contribution in [0.5, 0.6) is 0 Å². The molecule has 2 aromatic rings. The highest BCUT2D eigenvalue weighted by Gasteiger charge is 2.35. The molecule has 6 nitrogen and oxygen atoms in total. The van der Waals surface area contributed by atoms with Crippen molar-refractivity contribution in [3.8, 4) is 0 Å². The monoisotopic (exact) mass is 469 g/mol. The Morgan fingerprint density at radius 1 is 1.12 bits per heavy atom. The lowest BCUT2D eigenvalue weighted by atomic mass is 9.95. The number of hydrogen-bond acceptors (Lipinski definition) is 4. The standard InChI is InChI=1S/C25H28FN3O3S/c1-17-4-3-5-19(16-17)10-13-27-25(30)21-11-14-29(15-12-21)24-18(2)23(33(31,32)28-24)20-6-8-22(26)9-7-20/h3-9,16,21H,10-15H2,1-2H3,(H,27,30). The van der Waals surface area contributed by atoms with Gasteiger partial charge < -0.3 is 10.2 Å². The number of carbonyl (C=O) groups is 1. The van der Waals surface area contributed by atoms with E-state index in [9.17, 15) is 17.6 Å². The predicted octanol–water partition coefficient (Wildman–Crippen LogP) is 3.68. The molecule has 2 heterocycles. The van der Waals surface area contributed by atoms with E-state index < -0.39 is 15.8 Å². The van der Waals surface area contributed by atoms with Crippen molar-refractivity contribution in [2.45, 2.75) is 33.1 Å². The molecule has 33 heavy (non-hydrogen) atoms. The number of hydrogen-bond donors (Lipinski definition) is 1. The average Bonchev–Trinajstić information content (AvgIpc) is 3.03. The maximum atomic E-state index is 13.3. The summed E-state index contributed by atoms with van der Waals surface area (Å²) in [6, 6.07) is 13.6. The third kappa shape index (κ3) is 5.16. The van der Waals surface area contributed by atoms with Crippen LogP contribution in [-0.4, -0.2) is 44.7 Å². The Kier molecular flexibility index (Phi) is 6.65. The van der Waals surface area contributed by atoms with Crippen molar-refractivity contribution < 1.29 is 17.6 Å². The van der Waals surface area contributed by atoms with Gasteiger partial charge in [-0.05, 0) is 56.4 Å². The van der Waals surface area contributed by atoms with Gasteiger partial charge in [-0.3, -0.25) is 4.79 Å². The van der Waals surface area contributed by atoms with Crippen molar-refractivity contribution in [2.75, 3.05) is 19.6 Å². The zero-order chi connectivity index (χ0) is 23.6. The van der Waals surface area contributed by atoms with Crippen LogP contribution in [0.4, 0.5) is 4.39 Å². The Bertz CT molecular complexity index is 1210. The first-order chi connectivity index (χ1) is 15.7. The summed E-state index contributed by atoms with van der Waals surface area (Å²) in [6.07, 6.45) is 2.06. The van der Waals surface area contributed by atoms with Gasteiger partial charge in [-0.1, -0.05) is 42.0 Å². The molecular weight excluding hydrogens is 441 g/mol. The zero-order valence-corrected chi connectivity index (χ0v) is 19.7. The summed E-state index contributed by atoms with van der Waals surface area (Å²) < 4.78 is 42.7. The Morgan fingerprint density at radius 2 is 1.82 bits per heavy atom. The van der Waals surface area contributed by atoms with Crippen molar-refractivity contribution in [3.05, 3.63) is 76.6 Å². The molecule has 8 heteroatoms. The number of sulfonamides is 1. The van der Waals surface area contributed by atoms with Gasteiger partial charge in [0, 0.05) is 31.1 Å². The number of carbonyl (C=O) groups excluding carboxylic acids is 1. The highest BCUT2D eigenvalue weighted by molar-refractivity contribution is 8.00. The van der Waals surface area contributed by atoms with E-state index in [1.165, 1.54) is 35.4 Å². The molecule has 2 aliphatic heterocycles. The SMILES string of the molecule is CC1=C(c2ccc(F)cc2)S(=O)(=O)N=C1N1CCC(C(=O)NCCc2cccc(C)c2)CC1. The van der Waals surface area contributed by atoms with E-state index in [4.69, 9.17) is 0 Å². The number of nitrogens with zero attached hydrogens (tertiary/aromatic N) is 2. The van der Waals surface area contributed by atoms with Crippen molar-refractivity contribution in [1.82, 2.24) is 10.2 Å². The number of amides is 1. The lowest BCUT2D eigenvalue weighted by molar-refractivity contribution is -0.126. The van der Waals surface area contributed by atoms with Crippen LogP contribution in [0.25, 0.3) is 4.91 Å². The molecule has 0 aromatic heterocycles. The summed E-state index contributed by atoms with van der Waals surface area (Å²) in [7, 11) is -3.85. The molecule has 4 rings (SSSR count). The van der Waals surface area contributed by atoms with Crippen LogP contribution in [0.2, 0.25) is 0 Å². The smallest absolute Gasteiger partial charge is 0.285 e. The van der Waals surface area contributed by atoms with Gasteiger partial charge in [0.1, 0.15) is 16.6 Å². The molecule has 2 aromatic carbocycles. The van der Waals surface area contributed by atoms with Crippen LogP contribution in [0.15, 0.2) is 58.5 Å². The Hall–Kier alpha value is -3.00. The normalized spacial score (nSPS) is 18.4. The second-order valence-electron chi connectivity index (χ2n) is 8.64. The topological polar surface area (TPSA) is 78.8 Å². The first-order valence-electron chi connectivity index (χ1n) is 11.1. The van der Waals surface area contributed by atoms with E-state index >= 15 is 0 Å². The fraction of sp³-hybridized carbons (Fsp3) is 0.360. The highest BCUT2D eigenvalue weighted by Crippen LogP contribution is 2.34. The van der Waals surface area contributed by atoms with Crippen molar-refractivity contribution >= 4 is 26.7 Å². The number of nitrogens with one attached hydrogen (secondary N) is 1. The molecule has 0 bridgehead atoms. The Morgan fingerprint density at radius 3 is 2.48 bits per heavy atom. The van der Waals surface area contributed by atoms with Crippen LogP contribution in [0.3, 0.4) is 0 Å². The number of aryl methyl sites for hydroxylation is 1. The van der Waals surface area contributed by atoms with Crippen molar-refractivity contribution in [1.29, 1.82) is 0 Å². The molecule has 0 unspecified atom stereocenters. The molecule has 2 aliphatic rings. The Labute approximate surface area is 194 Å². The lowest BCUT2D eigenvalue weighted by Gasteiger charge is -2.32. The van der Waals surface area contributed by atoms with Gasteiger partial charge in [0.05, 0.1) is 0 Å². The van der Waals surface area contributed by atoms with Gasteiger partial charge in [0.15, 0.2) is 0 Å². The minimum atomic E-state index is -3.85. The first kappa shape index (κ1) is 23.2. The molecule has 174 valence electrons. The third-order valence-electron chi connectivity index (χ3n) is 6.21. The fourth-order valence-electron chi connectivity index (χ4n) is 4.48. The van der Waals surface area contributed by atoms with Gasteiger partial charge in [0.2, 0.25) is 5.91 Å². The largest absolute Gasteiger partial charge is 0.356 e. The lowest BCUT2D eigenvalue weighted by Crippen LogP contribution is -2.43. The van der Waals surface area contributed by atoms with E-state index in [1.54, 1.807) is 6.92 Å². The molecule has 1 saturated heterocycles. The quantitative estimate of drug-likeness (QED) is 0.725. The number of benzene rings is 2. The van der Waals surface area contributed by atoms with Gasteiger partial charge in [0.25, 0.3) is 10.0 Å². The number of halogens is 1. The van der Waals surface area contributed by atoms with Gasteiger partial charge >= 0.3 is 0 Å². The second-order valence-corrected chi connectivity index (χ2v) is 10.2. The summed E-state index contributed by atoms with van der Waals surface area (Å²) in [4.78, 5) is 14.7. The molecular formula is C25H28FN3O3S. The maximum absolute atomic E-state index is 13.3. The van der Waals surface area contributed by atoms with Gasteiger partial charge in [-0.25, -0.2) is 4.39 Å². The molecule has 0 spiro atoms. The van der Waals surface area contributed by atoms with E-state index in [0.29, 0.717) is 49.4 Å². The molecule has 0 radical (unpaired) electrons. The van der Waals surface area contributed by atoms with Crippen LogP contribution in [-0.2, 0) is 21.2 Å². The van der Waals surface area contributed by atoms with Crippen LogP contribution in [0, 0.1) is 18.7 Å². The minimum Gasteiger partial charge on any atom is -0.356 e.